The molecule has 0 bridgehead atoms. The first-order valence-electron chi connectivity index (χ1n) is 2.82. The highest BCUT2D eigenvalue weighted by Gasteiger charge is 2.17. The zero-order valence-electron chi connectivity index (χ0n) is 5.49. The maximum absolute atomic E-state index is 12.5. The molecular weight excluding hydrogens is 242 g/mol. The molecule has 66 valence electrons. The molecule has 0 radical (unpaired) electrons. The predicted molar refractivity (Wildman–Crippen MR) is 36.8 cm³/mol. The number of hydrogen-bond acceptors (Lipinski definition) is 1. The Bertz CT molecular complexity index is 302. The Labute approximate surface area is 73.5 Å². The maximum Gasteiger partial charge on any atom is 0.268 e. The molecule has 1 nitrogen and oxygen atoms in total. The summed E-state index contributed by atoms with van der Waals surface area (Å²) in [4.78, 5) is 2.89. The first kappa shape index (κ1) is 9.44. The minimum absolute atomic E-state index is 0.413. The standard InChI is InChI=1S/C6H2BrF4N/c7-4-3(8)1-2(5(9)10)6(11)12-4/h1,5H. The highest BCUT2D eigenvalue weighted by molar-refractivity contribution is 9.10. The SMILES string of the molecule is Fc1cc(C(F)F)c(F)nc1Br. The zero-order valence-corrected chi connectivity index (χ0v) is 7.08. The van der Waals surface area contributed by atoms with Crippen molar-refractivity contribution in [2.24, 2.45) is 0 Å². The van der Waals surface area contributed by atoms with Crippen molar-refractivity contribution in [1.82, 2.24) is 4.98 Å². The van der Waals surface area contributed by atoms with Crippen molar-refractivity contribution < 1.29 is 17.6 Å². The number of aromatic nitrogens is 1. The lowest BCUT2D eigenvalue weighted by Gasteiger charge is -2.01. The molecular formula is C6H2BrF4N. The summed E-state index contributed by atoms with van der Waals surface area (Å²) < 4.78 is 48.3. The summed E-state index contributed by atoms with van der Waals surface area (Å²) >= 11 is 2.56. The summed E-state index contributed by atoms with van der Waals surface area (Å²) in [6.45, 7) is 0. The first-order valence-corrected chi connectivity index (χ1v) is 3.61. The van der Waals surface area contributed by atoms with Crippen molar-refractivity contribution in [2.45, 2.75) is 6.43 Å². The normalized spacial score (nSPS) is 10.8. The van der Waals surface area contributed by atoms with E-state index in [0.29, 0.717) is 6.07 Å². The fourth-order valence-corrected chi connectivity index (χ4v) is 0.883. The van der Waals surface area contributed by atoms with Crippen molar-refractivity contribution in [3.05, 3.63) is 28.0 Å². The lowest BCUT2D eigenvalue weighted by Crippen LogP contribution is -1.97. The van der Waals surface area contributed by atoms with Gasteiger partial charge in [-0.15, -0.1) is 0 Å². The van der Waals surface area contributed by atoms with Crippen LogP contribution in [0.25, 0.3) is 0 Å². The molecule has 0 fully saturated rings. The Kier molecular flexibility index (Phi) is 2.66. The van der Waals surface area contributed by atoms with E-state index in [1.54, 1.807) is 0 Å². The second-order valence-corrected chi connectivity index (χ2v) is 2.69. The van der Waals surface area contributed by atoms with Gasteiger partial charge in [0.1, 0.15) is 4.60 Å². The summed E-state index contributed by atoms with van der Waals surface area (Å²) in [5.74, 6) is -2.37. The Morgan fingerprint density at radius 1 is 1.33 bits per heavy atom. The molecule has 1 aromatic heterocycles. The van der Waals surface area contributed by atoms with Crippen LogP contribution in [0.3, 0.4) is 0 Å². The van der Waals surface area contributed by atoms with Crippen LogP contribution >= 0.6 is 15.9 Å². The molecule has 0 saturated heterocycles. The van der Waals surface area contributed by atoms with Gasteiger partial charge in [0.15, 0.2) is 5.82 Å². The number of rotatable bonds is 1. The molecule has 0 aliphatic heterocycles. The van der Waals surface area contributed by atoms with Gasteiger partial charge in [0, 0.05) is 0 Å². The van der Waals surface area contributed by atoms with E-state index < -0.39 is 28.4 Å². The van der Waals surface area contributed by atoms with Crippen molar-refractivity contribution in [1.29, 1.82) is 0 Å². The van der Waals surface area contributed by atoms with Crippen LogP contribution in [0.2, 0.25) is 0 Å². The van der Waals surface area contributed by atoms with Gasteiger partial charge < -0.3 is 0 Å². The van der Waals surface area contributed by atoms with Gasteiger partial charge in [0.05, 0.1) is 5.56 Å². The molecule has 6 heteroatoms. The second-order valence-electron chi connectivity index (χ2n) is 1.94. The molecule has 1 aromatic rings. The van der Waals surface area contributed by atoms with Crippen LogP contribution in [0.15, 0.2) is 10.7 Å². The number of alkyl halides is 2. The van der Waals surface area contributed by atoms with Crippen LogP contribution in [-0.2, 0) is 0 Å². The van der Waals surface area contributed by atoms with Gasteiger partial charge in [0.2, 0.25) is 5.95 Å². The lowest BCUT2D eigenvalue weighted by molar-refractivity contribution is 0.144. The van der Waals surface area contributed by atoms with Gasteiger partial charge in [0.25, 0.3) is 6.43 Å². The van der Waals surface area contributed by atoms with Crippen molar-refractivity contribution in [3.8, 4) is 0 Å². The van der Waals surface area contributed by atoms with Gasteiger partial charge >= 0.3 is 0 Å². The largest absolute Gasteiger partial charge is 0.268 e. The quantitative estimate of drug-likeness (QED) is 0.546. The Balaban J connectivity index is 3.23. The van der Waals surface area contributed by atoms with E-state index >= 15 is 0 Å². The van der Waals surface area contributed by atoms with E-state index in [0.717, 1.165) is 0 Å². The smallest absolute Gasteiger partial charge is 0.209 e. The molecule has 0 N–H and O–H groups in total. The van der Waals surface area contributed by atoms with Gasteiger partial charge in [-0.3, -0.25) is 0 Å². The maximum atomic E-state index is 12.5. The first-order chi connectivity index (χ1) is 5.52. The fraction of sp³-hybridized carbons (Fsp3) is 0.167. The molecule has 1 rings (SSSR count). The minimum atomic E-state index is -3.06. The molecule has 0 spiro atoms. The molecule has 0 saturated carbocycles. The van der Waals surface area contributed by atoms with Gasteiger partial charge in [-0.25, -0.2) is 18.2 Å². The molecule has 0 aliphatic rings. The molecule has 0 amide bonds. The number of hydrogen-bond donors (Lipinski definition) is 0. The number of halogens is 5. The molecule has 0 unspecified atom stereocenters. The predicted octanol–water partition coefficient (Wildman–Crippen LogP) is 3.06. The highest BCUT2D eigenvalue weighted by atomic mass is 79.9. The summed E-state index contributed by atoms with van der Waals surface area (Å²) in [7, 11) is 0. The van der Waals surface area contributed by atoms with E-state index in [1.807, 2.05) is 0 Å². The summed E-state index contributed by atoms with van der Waals surface area (Å²) in [6.07, 6.45) is -3.06. The molecule has 0 aliphatic carbocycles. The average Bonchev–Trinajstić information content (AvgIpc) is 1.96. The molecule has 0 atom stereocenters. The van der Waals surface area contributed by atoms with E-state index in [1.165, 1.54) is 0 Å². The average molecular weight is 244 g/mol. The zero-order chi connectivity index (χ0) is 9.30. The van der Waals surface area contributed by atoms with Gasteiger partial charge in [-0.1, -0.05) is 0 Å². The number of nitrogens with zero attached hydrogens (tertiary/aromatic N) is 1. The van der Waals surface area contributed by atoms with Gasteiger partial charge in [-0.2, -0.15) is 4.39 Å². The summed E-state index contributed by atoms with van der Waals surface area (Å²) in [6, 6.07) is 0.414. The van der Waals surface area contributed by atoms with E-state index in [-0.39, 0.29) is 0 Å². The van der Waals surface area contributed by atoms with Gasteiger partial charge in [-0.05, 0) is 22.0 Å². The Morgan fingerprint density at radius 2 is 1.92 bits per heavy atom. The highest BCUT2D eigenvalue weighted by Crippen LogP contribution is 2.24. The third-order valence-electron chi connectivity index (χ3n) is 1.15. The van der Waals surface area contributed by atoms with E-state index in [2.05, 4.69) is 20.9 Å². The molecule has 1 heterocycles. The van der Waals surface area contributed by atoms with E-state index in [9.17, 15) is 17.6 Å². The lowest BCUT2D eigenvalue weighted by atomic mass is 10.3. The van der Waals surface area contributed by atoms with Crippen LogP contribution in [-0.4, -0.2) is 4.98 Å². The monoisotopic (exact) mass is 243 g/mol. The van der Waals surface area contributed by atoms with Crippen molar-refractivity contribution >= 4 is 15.9 Å². The molecule has 0 aromatic carbocycles. The van der Waals surface area contributed by atoms with Crippen molar-refractivity contribution in [2.75, 3.05) is 0 Å². The Hall–Kier alpha value is -0.650. The third kappa shape index (κ3) is 1.74. The number of pyridine rings is 1. The van der Waals surface area contributed by atoms with E-state index in [4.69, 9.17) is 0 Å². The fourth-order valence-electron chi connectivity index (χ4n) is 0.613. The Morgan fingerprint density at radius 3 is 2.42 bits per heavy atom. The summed E-state index contributed by atoms with van der Waals surface area (Å²) in [5.41, 5.74) is -1.03. The van der Waals surface area contributed by atoms with Crippen LogP contribution in [0.5, 0.6) is 0 Å². The van der Waals surface area contributed by atoms with Crippen LogP contribution in [0.4, 0.5) is 17.6 Å². The second kappa shape index (κ2) is 3.38. The minimum Gasteiger partial charge on any atom is -0.209 e. The van der Waals surface area contributed by atoms with Crippen LogP contribution in [0.1, 0.15) is 12.0 Å². The third-order valence-corrected chi connectivity index (χ3v) is 1.71. The van der Waals surface area contributed by atoms with Crippen molar-refractivity contribution in [3.63, 3.8) is 0 Å². The van der Waals surface area contributed by atoms with Crippen LogP contribution < -0.4 is 0 Å². The topological polar surface area (TPSA) is 12.9 Å². The van der Waals surface area contributed by atoms with Crippen LogP contribution in [0, 0.1) is 11.8 Å². The molecule has 12 heavy (non-hydrogen) atoms. The summed E-state index contributed by atoms with van der Waals surface area (Å²) in [5, 5.41) is 0.